The van der Waals surface area contributed by atoms with Crippen LogP contribution in [0.1, 0.15) is 23.1 Å². The molecule has 0 aliphatic rings. The van der Waals surface area contributed by atoms with Crippen LogP contribution in [0, 0.1) is 5.95 Å². The maximum Gasteiger partial charge on any atom is 0.245 e. The number of ether oxygens (including phenoxy) is 1. The molecular weight excluding hydrogens is 498 g/mol. The lowest BCUT2D eigenvalue weighted by atomic mass is 9.87. The monoisotopic (exact) mass is 530 g/mol. The van der Waals surface area contributed by atoms with Gasteiger partial charge in [0.15, 0.2) is 0 Å². The van der Waals surface area contributed by atoms with E-state index in [0.717, 1.165) is 27.8 Å². The van der Waals surface area contributed by atoms with E-state index in [1.165, 1.54) is 11.0 Å². The van der Waals surface area contributed by atoms with Crippen LogP contribution in [-0.4, -0.2) is 61.5 Å². The van der Waals surface area contributed by atoms with Crippen LogP contribution in [-0.2, 0) is 4.79 Å². The predicted molar refractivity (Wildman–Crippen MR) is 152 cm³/mol. The van der Waals surface area contributed by atoms with Gasteiger partial charge in [0.25, 0.3) is 0 Å². The molecule has 0 fully saturated rings. The number of amides is 1. The molecule has 1 amide bonds. The molecule has 0 unspecified atom stereocenters. The smallest absolute Gasteiger partial charge is 0.245 e. The van der Waals surface area contributed by atoms with Crippen LogP contribution in [0.4, 0.5) is 8.78 Å². The topological polar surface area (TPSA) is 70.2 Å². The van der Waals surface area contributed by atoms with E-state index in [0.29, 0.717) is 36.3 Å². The SMILES string of the molecule is CN(C)C(=O)/C=C/CNCCOc1ccc(/C(=C(/CCF)c2ccccc2)c2ccc3[nH]nc(F)c3c2)cc1. The Morgan fingerprint density at radius 3 is 2.49 bits per heavy atom. The van der Waals surface area contributed by atoms with Crippen molar-refractivity contribution in [3.63, 3.8) is 0 Å². The van der Waals surface area contributed by atoms with Crippen molar-refractivity contribution >= 4 is 28.0 Å². The second-order valence-corrected chi connectivity index (χ2v) is 9.15. The van der Waals surface area contributed by atoms with Crippen molar-refractivity contribution in [2.75, 3.05) is 40.5 Å². The normalized spacial score (nSPS) is 12.1. The Morgan fingerprint density at radius 2 is 1.77 bits per heavy atom. The number of fused-ring (bicyclic) bond motifs is 1. The molecule has 0 radical (unpaired) electrons. The van der Waals surface area contributed by atoms with Crippen molar-refractivity contribution in [3.8, 4) is 5.75 Å². The summed E-state index contributed by atoms with van der Waals surface area (Å²) >= 11 is 0. The van der Waals surface area contributed by atoms with Crippen LogP contribution in [0.15, 0.2) is 84.9 Å². The number of carbonyl (C=O) groups is 1. The van der Waals surface area contributed by atoms with Crippen LogP contribution < -0.4 is 10.1 Å². The number of H-pyrrole nitrogens is 1. The van der Waals surface area contributed by atoms with Crippen molar-refractivity contribution in [2.24, 2.45) is 0 Å². The number of rotatable bonds is 12. The lowest BCUT2D eigenvalue weighted by Crippen LogP contribution is -2.22. The number of carbonyl (C=O) groups excluding carboxylic acids is 1. The van der Waals surface area contributed by atoms with E-state index >= 15 is 0 Å². The number of aromatic amines is 1. The molecule has 0 aliphatic heterocycles. The maximum atomic E-state index is 14.3. The Balaban J connectivity index is 1.55. The fourth-order valence-electron chi connectivity index (χ4n) is 4.25. The lowest BCUT2D eigenvalue weighted by Gasteiger charge is -2.17. The van der Waals surface area contributed by atoms with Crippen LogP contribution in [0.3, 0.4) is 0 Å². The van der Waals surface area contributed by atoms with E-state index in [-0.39, 0.29) is 12.3 Å². The summed E-state index contributed by atoms with van der Waals surface area (Å²) in [6.07, 6.45) is 3.52. The minimum atomic E-state index is -0.574. The molecule has 4 rings (SSSR count). The predicted octanol–water partition coefficient (Wildman–Crippen LogP) is 5.63. The second-order valence-electron chi connectivity index (χ2n) is 9.15. The van der Waals surface area contributed by atoms with Crippen molar-refractivity contribution in [2.45, 2.75) is 6.42 Å². The number of alkyl halides is 1. The number of hydrogen-bond acceptors (Lipinski definition) is 4. The molecule has 2 N–H and O–H groups in total. The van der Waals surface area contributed by atoms with Gasteiger partial charge in [-0.15, -0.1) is 5.10 Å². The van der Waals surface area contributed by atoms with Gasteiger partial charge in [0.2, 0.25) is 11.9 Å². The summed E-state index contributed by atoms with van der Waals surface area (Å²) in [5.74, 6) is 0.0646. The van der Waals surface area contributed by atoms with Crippen molar-refractivity contribution in [3.05, 3.63) is 108 Å². The highest BCUT2D eigenvalue weighted by molar-refractivity contribution is 6.00. The highest BCUT2D eigenvalue weighted by Gasteiger charge is 2.16. The number of nitrogens with zero attached hydrogens (tertiary/aromatic N) is 2. The third-order valence-corrected chi connectivity index (χ3v) is 6.23. The van der Waals surface area contributed by atoms with Gasteiger partial charge in [0, 0.05) is 39.7 Å². The fraction of sp³-hybridized carbons (Fsp3) is 0.226. The highest BCUT2D eigenvalue weighted by atomic mass is 19.1. The highest BCUT2D eigenvalue weighted by Crippen LogP contribution is 2.36. The third kappa shape index (κ3) is 7.18. The number of aromatic nitrogens is 2. The average Bonchev–Trinajstić information content (AvgIpc) is 3.33. The first-order chi connectivity index (χ1) is 19.0. The van der Waals surface area contributed by atoms with Gasteiger partial charge < -0.3 is 15.0 Å². The standard InChI is InChI=1S/C31H32F2N4O2/c1-37(2)29(38)9-6-18-34-19-20-39-25-13-10-23(11-14-25)30(26(16-17-32)22-7-4-3-5-8-22)24-12-15-28-27(21-24)31(33)36-35-28/h3-15,21,34H,16-20H2,1-2H3,(H,35,36)/b9-6+,30-26+. The summed E-state index contributed by atoms with van der Waals surface area (Å²) in [7, 11) is 3.42. The average molecular weight is 531 g/mol. The molecule has 0 aliphatic carbocycles. The summed E-state index contributed by atoms with van der Waals surface area (Å²) in [6.45, 7) is 1.10. The number of likely N-dealkylation sites (N-methyl/N-ethyl adjacent to an activating group) is 1. The minimum Gasteiger partial charge on any atom is -0.492 e. The van der Waals surface area contributed by atoms with Crippen molar-refractivity contribution in [1.29, 1.82) is 0 Å². The zero-order valence-electron chi connectivity index (χ0n) is 22.1. The quantitative estimate of drug-likeness (QED) is 0.141. The zero-order valence-corrected chi connectivity index (χ0v) is 22.1. The largest absolute Gasteiger partial charge is 0.492 e. The molecule has 1 heterocycles. The van der Waals surface area contributed by atoms with Crippen LogP contribution >= 0.6 is 0 Å². The van der Waals surface area contributed by atoms with E-state index in [4.69, 9.17) is 4.74 Å². The Hall–Kier alpha value is -4.30. The summed E-state index contributed by atoms with van der Waals surface area (Å²) in [6, 6.07) is 22.7. The zero-order chi connectivity index (χ0) is 27.6. The molecule has 1 aromatic heterocycles. The van der Waals surface area contributed by atoms with Gasteiger partial charge in [0.05, 0.1) is 17.6 Å². The van der Waals surface area contributed by atoms with E-state index in [9.17, 15) is 13.6 Å². The Morgan fingerprint density at radius 1 is 1.03 bits per heavy atom. The van der Waals surface area contributed by atoms with E-state index in [1.54, 1.807) is 32.3 Å². The fourth-order valence-corrected chi connectivity index (χ4v) is 4.25. The Labute approximate surface area is 227 Å². The van der Waals surface area contributed by atoms with Crippen LogP contribution in [0.5, 0.6) is 5.75 Å². The summed E-state index contributed by atoms with van der Waals surface area (Å²) in [5.41, 5.74) is 4.80. The van der Waals surface area contributed by atoms with Gasteiger partial charge in [-0.2, -0.15) is 4.39 Å². The van der Waals surface area contributed by atoms with Gasteiger partial charge in [-0.1, -0.05) is 54.6 Å². The van der Waals surface area contributed by atoms with E-state index in [1.807, 2.05) is 60.7 Å². The molecule has 8 heteroatoms. The summed E-state index contributed by atoms with van der Waals surface area (Å²) in [5, 5.41) is 9.95. The van der Waals surface area contributed by atoms with E-state index < -0.39 is 12.6 Å². The molecule has 0 atom stereocenters. The second kappa shape index (κ2) is 13.5. The molecule has 0 saturated carbocycles. The molecule has 0 spiro atoms. The summed E-state index contributed by atoms with van der Waals surface area (Å²) in [4.78, 5) is 13.1. The first-order valence-corrected chi connectivity index (χ1v) is 12.8. The maximum absolute atomic E-state index is 14.3. The molecule has 3 aromatic carbocycles. The first kappa shape index (κ1) is 27.7. The van der Waals surface area contributed by atoms with Gasteiger partial charge in [0.1, 0.15) is 12.4 Å². The number of benzene rings is 3. The van der Waals surface area contributed by atoms with Crippen molar-refractivity contribution < 1.29 is 18.3 Å². The van der Waals surface area contributed by atoms with Gasteiger partial charge in [-0.25, -0.2) is 0 Å². The van der Waals surface area contributed by atoms with Crippen LogP contribution in [0.25, 0.3) is 22.0 Å². The minimum absolute atomic E-state index is 0.0571. The molecular formula is C31H32F2N4O2. The molecule has 0 bridgehead atoms. The van der Waals surface area contributed by atoms with Gasteiger partial charge >= 0.3 is 0 Å². The third-order valence-electron chi connectivity index (χ3n) is 6.23. The number of halogens is 2. The molecule has 202 valence electrons. The molecule has 39 heavy (non-hydrogen) atoms. The number of nitrogens with one attached hydrogen (secondary N) is 2. The van der Waals surface area contributed by atoms with Crippen molar-refractivity contribution in [1.82, 2.24) is 20.4 Å². The van der Waals surface area contributed by atoms with Crippen LogP contribution in [0.2, 0.25) is 0 Å². The van der Waals surface area contributed by atoms with E-state index in [2.05, 4.69) is 15.5 Å². The Bertz CT molecular complexity index is 1440. The molecule has 6 nitrogen and oxygen atoms in total. The Kier molecular flexibility index (Phi) is 9.58. The van der Waals surface area contributed by atoms with Gasteiger partial charge in [-0.3, -0.25) is 14.3 Å². The summed E-state index contributed by atoms with van der Waals surface area (Å²) < 4.78 is 34.0. The lowest BCUT2D eigenvalue weighted by molar-refractivity contribution is -0.123. The first-order valence-electron chi connectivity index (χ1n) is 12.8. The van der Waals surface area contributed by atoms with Gasteiger partial charge in [-0.05, 0) is 52.1 Å². The number of hydrogen-bond donors (Lipinski definition) is 2. The molecule has 4 aromatic rings. The number of allylic oxidation sites excluding steroid dienone is 1. The molecule has 0 saturated heterocycles.